The van der Waals surface area contributed by atoms with E-state index in [1.54, 1.807) is 0 Å². The third-order valence-electron chi connectivity index (χ3n) is 2.80. The zero-order valence-electron chi connectivity index (χ0n) is 7.91. The van der Waals surface area contributed by atoms with Crippen LogP contribution in [0.3, 0.4) is 0 Å². The van der Waals surface area contributed by atoms with Gasteiger partial charge in [0.1, 0.15) is 11.9 Å². The topological polar surface area (TPSA) is 46.9 Å². The van der Waals surface area contributed by atoms with Crippen LogP contribution in [0.1, 0.15) is 30.6 Å². The third kappa shape index (κ3) is 0.904. The van der Waals surface area contributed by atoms with Gasteiger partial charge in [0.2, 0.25) is 5.91 Å². The number of nitrogens with one attached hydrogen (secondary N) is 1. The zero-order valence-corrected chi connectivity index (χ0v) is 8.73. The quantitative estimate of drug-likeness (QED) is 0.763. The number of carbonyl (C=O) groups is 1. The third-order valence-corrected chi connectivity index (χ3v) is 3.77. The van der Waals surface area contributed by atoms with Crippen LogP contribution in [0.5, 0.6) is 0 Å². The molecule has 0 bridgehead atoms. The number of nitrogens with zero attached hydrogens (tertiary/aromatic N) is 2. The molecule has 1 atom stereocenters. The van der Waals surface area contributed by atoms with Gasteiger partial charge in [0.25, 0.3) is 0 Å². The van der Waals surface area contributed by atoms with Gasteiger partial charge in [-0.1, -0.05) is 6.92 Å². The second-order valence-corrected chi connectivity index (χ2v) is 4.61. The maximum absolute atomic E-state index is 11.5. The minimum Gasteiger partial charge on any atom is -0.309 e. The lowest BCUT2D eigenvalue weighted by Crippen LogP contribution is -2.15. The summed E-state index contributed by atoms with van der Waals surface area (Å²) in [7, 11) is 0. The highest BCUT2D eigenvalue weighted by Crippen LogP contribution is 2.39. The molecule has 14 heavy (non-hydrogen) atoms. The van der Waals surface area contributed by atoms with E-state index in [1.165, 1.54) is 5.56 Å². The molecule has 0 spiro atoms. The number of fused-ring (bicyclic) bond motifs is 3. The van der Waals surface area contributed by atoms with Crippen LogP contribution in [0, 0.1) is 0 Å². The molecule has 4 nitrogen and oxygen atoms in total. The van der Waals surface area contributed by atoms with Gasteiger partial charge in [0.15, 0.2) is 0 Å². The van der Waals surface area contributed by atoms with Crippen molar-refractivity contribution in [2.75, 3.05) is 5.32 Å². The average Bonchev–Trinajstić information content (AvgIpc) is 2.76. The summed E-state index contributed by atoms with van der Waals surface area (Å²) >= 11 is 1.86. The number of thioether (sulfide) groups is 1. The lowest BCUT2D eigenvalue weighted by atomic mass is 10.2. The molecule has 3 rings (SSSR count). The van der Waals surface area contributed by atoms with Gasteiger partial charge in [-0.05, 0) is 6.42 Å². The molecule has 74 valence electrons. The van der Waals surface area contributed by atoms with E-state index in [1.807, 2.05) is 23.4 Å². The summed E-state index contributed by atoms with van der Waals surface area (Å²) in [5, 5.41) is 7.41. The van der Waals surface area contributed by atoms with Gasteiger partial charge < -0.3 is 5.32 Å². The van der Waals surface area contributed by atoms with E-state index >= 15 is 0 Å². The van der Waals surface area contributed by atoms with Crippen molar-refractivity contribution in [1.82, 2.24) is 9.78 Å². The standard InChI is InChI=1S/C9H11N3OS/c1-2-7-9(13)10-8-5-3-14-4-6(5)11-12(7)8/h7H,2-4H2,1H3,(H,10,13). The van der Waals surface area contributed by atoms with Crippen molar-refractivity contribution < 1.29 is 4.79 Å². The summed E-state index contributed by atoms with van der Waals surface area (Å²) in [6.45, 7) is 2.01. The van der Waals surface area contributed by atoms with E-state index in [-0.39, 0.29) is 11.9 Å². The van der Waals surface area contributed by atoms with Crippen molar-refractivity contribution in [3.63, 3.8) is 0 Å². The number of anilines is 1. The monoisotopic (exact) mass is 209 g/mol. The average molecular weight is 209 g/mol. The van der Waals surface area contributed by atoms with Crippen LogP contribution in [0.4, 0.5) is 5.82 Å². The molecule has 0 radical (unpaired) electrons. The molecule has 0 aliphatic carbocycles. The van der Waals surface area contributed by atoms with E-state index in [9.17, 15) is 4.79 Å². The van der Waals surface area contributed by atoms with Crippen LogP contribution in [0.15, 0.2) is 0 Å². The molecule has 0 saturated carbocycles. The zero-order chi connectivity index (χ0) is 9.71. The first-order chi connectivity index (χ1) is 6.81. The number of aromatic nitrogens is 2. The maximum atomic E-state index is 11.5. The highest BCUT2D eigenvalue weighted by atomic mass is 32.2. The highest BCUT2D eigenvalue weighted by Gasteiger charge is 2.35. The highest BCUT2D eigenvalue weighted by molar-refractivity contribution is 7.98. The first-order valence-corrected chi connectivity index (χ1v) is 5.95. The van der Waals surface area contributed by atoms with Crippen molar-refractivity contribution in [1.29, 1.82) is 0 Å². The van der Waals surface area contributed by atoms with Gasteiger partial charge in [-0.15, -0.1) is 0 Å². The molecule has 2 aliphatic rings. The Morgan fingerprint density at radius 2 is 2.50 bits per heavy atom. The van der Waals surface area contributed by atoms with E-state index in [0.717, 1.165) is 29.4 Å². The summed E-state index contributed by atoms with van der Waals surface area (Å²) in [5.74, 6) is 3.01. The van der Waals surface area contributed by atoms with Crippen molar-refractivity contribution in [3.8, 4) is 0 Å². The molecule has 5 heteroatoms. The molecule has 3 heterocycles. The van der Waals surface area contributed by atoms with E-state index in [4.69, 9.17) is 0 Å². The summed E-state index contributed by atoms with van der Waals surface area (Å²) in [6.07, 6.45) is 0.812. The van der Waals surface area contributed by atoms with E-state index in [2.05, 4.69) is 10.4 Å². The molecule has 1 amide bonds. The molecule has 1 aromatic rings. The molecular weight excluding hydrogens is 198 g/mol. The number of amides is 1. The Labute approximate surface area is 86.1 Å². The molecule has 1 aromatic heterocycles. The predicted octanol–water partition coefficient (Wildman–Crippen LogP) is 1.53. The Hall–Kier alpha value is -0.970. The summed E-state index contributed by atoms with van der Waals surface area (Å²) in [6, 6.07) is -0.0828. The minimum atomic E-state index is -0.0828. The predicted molar refractivity (Wildman–Crippen MR) is 55.2 cm³/mol. The number of hydrogen-bond donors (Lipinski definition) is 1. The summed E-state index contributed by atoms with van der Waals surface area (Å²) < 4.78 is 1.87. The molecule has 0 aromatic carbocycles. The Bertz CT molecular complexity index is 412. The van der Waals surface area contributed by atoms with Gasteiger partial charge >= 0.3 is 0 Å². The number of carbonyl (C=O) groups excluding carboxylic acids is 1. The molecule has 2 aliphatic heterocycles. The minimum absolute atomic E-state index is 0.0828. The fourth-order valence-electron chi connectivity index (χ4n) is 2.06. The second kappa shape index (κ2) is 2.76. The molecule has 0 saturated heterocycles. The van der Waals surface area contributed by atoms with Gasteiger partial charge in [0.05, 0.1) is 5.69 Å². The SMILES string of the molecule is CCC1C(=O)Nc2c3c(nn21)CSC3. The van der Waals surface area contributed by atoms with Crippen molar-refractivity contribution in [3.05, 3.63) is 11.3 Å². The van der Waals surface area contributed by atoms with Gasteiger partial charge in [-0.2, -0.15) is 16.9 Å². The number of rotatable bonds is 1. The van der Waals surface area contributed by atoms with Crippen LogP contribution < -0.4 is 5.32 Å². The largest absolute Gasteiger partial charge is 0.309 e. The Morgan fingerprint density at radius 1 is 1.64 bits per heavy atom. The summed E-state index contributed by atoms with van der Waals surface area (Å²) in [4.78, 5) is 11.5. The first-order valence-electron chi connectivity index (χ1n) is 4.80. The molecular formula is C9H11N3OS. The fraction of sp³-hybridized carbons (Fsp3) is 0.556. The fourth-order valence-corrected chi connectivity index (χ4v) is 3.10. The van der Waals surface area contributed by atoms with Crippen molar-refractivity contribution in [2.24, 2.45) is 0 Å². The Kier molecular flexibility index (Phi) is 1.65. The molecule has 1 N–H and O–H groups in total. The normalized spacial score (nSPS) is 23.5. The van der Waals surface area contributed by atoms with Crippen LogP contribution >= 0.6 is 11.8 Å². The second-order valence-electron chi connectivity index (χ2n) is 3.62. The van der Waals surface area contributed by atoms with Crippen LogP contribution in [-0.4, -0.2) is 15.7 Å². The Morgan fingerprint density at radius 3 is 3.29 bits per heavy atom. The van der Waals surface area contributed by atoms with Crippen molar-refractivity contribution in [2.45, 2.75) is 30.9 Å². The van der Waals surface area contributed by atoms with E-state index < -0.39 is 0 Å². The van der Waals surface area contributed by atoms with Crippen LogP contribution in [0.2, 0.25) is 0 Å². The number of hydrogen-bond acceptors (Lipinski definition) is 3. The Balaban J connectivity index is 2.12. The van der Waals surface area contributed by atoms with Gasteiger partial charge in [-0.25, -0.2) is 4.68 Å². The lowest BCUT2D eigenvalue weighted by Gasteiger charge is -2.04. The first kappa shape index (κ1) is 8.35. The lowest BCUT2D eigenvalue weighted by molar-refractivity contribution is -0.118. The molecule has 0 fully saturated rings. The maximum Gasteiger partial charge on any atom is 0.250 e. The van der Waals surface area contributed by atoms with Gasteiger partial charge in [-0.3, -0.25) is 4.79 Å². The smallest absolute Gasteiger partial charge is 0.250 e. The van der Waals surface area contributed by atoms with Gasteiger partial charge in [0, 0.05) is 17.1 Å². The van der Waals surface area contributed by atoms with E-state index in [0.29, 0.717) is 0 Å². The van der Waals surface area contributed by atoms with Crippen LogP contribution in [0.25, 0.3) is 0 Å². The summed E-state index contributed by atoms with van der Waals surface area (Å²) in [5.41, 5.74) is 2.39. The molecule has 1 unspecified atom stereocenters. The van der Waals surface area contributed by atoms with Crippen molar-refractivity contribution >= 4 is 23.5 Å². The van der Waals surface area contributed by atoms with Crippen LogP contribution in [-0.2, 0) is 16.3 Å².